The number of anilines is 1. The van der Waals surface area contributed by atoms with Gasteiger partial charge in [0.2, 0.25) is 0 Å². The van der Waals surface area contributed by atoms with Crippen molar-refractivity contribution in [2.24, 2.45) is 0 Å². The lowest BCUT2D eigenvalue weighted by Crippen LogP contribution is -2.36. The van der Waals surface area contributed by atoms with E-state index in [1.807, 2.05) is 26.0 Å². The molecule has 0 N–H and O–H groups in total. The predicted molar refractivity (Wildman–Crippen MR) is 97.0 cm³/mol. The van der Waals surface area contributed by atoms with Crippen molar-refractivity contribution in [2.75, 3.05) is 31.2 Å². The minimum Gasteiger partial charge on any atom is -0.378 e. The Hall–Kier alpha value is -1.79. The average molecular weight is 346 g/mol. The number of benzene rings is 1. The Morgan fingerprint density at radius 1 is 1.21 bits per heavy atom. The number of imide groups is 1. The second-order valence-electron chi connectivity index (χ2n) is 6.00. The largest absolute Gasteiger partial charge is 0.378 e. The third-order valence-electron chi connectivity index (χ3n) is 4.42. The van der Waals surface area contributed by atoms with Crippen LogP contribution in [-0.2, 0) is 9.53 Å². The molecule has 3 rings (SSSR count). The quantitative estimate of drug-likeness (QED) is 0.783. The molecule has 6 heteroatoms. The molecule has 1 atom stereocenters. The van der Waals surface area contributed by atoms with Crippen molar-refractivity contribution in [2.45, 2.75) is 26.3 Å². The molecule has 2 aliphatic rings. The van der Waals surface area contributed by atoms with E-state index in [0.717, 1.165) is 55.7 Å². The van der Waals surface area contributed by atoms with E-state index in [2.05, 4.69) is 17.0 Å². The van der Waals surface area contributed by atoms with Crippen molar-refractivity contribution in [1.82, 2.24) is 4.90 Å². The first-order chi connectivity index (χ1) is 11.6. The van der Waals surface area contributed by atoms with Crippen LogP contribution in [0.3, 0.4) is 0 Å². The molecule has 2 amide bonds. The van der Waals surface area contributed by atoms with Gasteiger partial charge in [0.1, 0.15) is 0 Å². The van der Waals surface area contributed by atoms with Gasteiger partial charge < -0.3 is 9.64 Å². The van der Waals surface area contributed by atoms with Crippen molar-refractivity contribution in [3.63, 3.8) is 0 Å². The zero-order chi connectivity index (χ0) is 17.1. The molecular formula is C18H22N2O3S. The van der Waals surface area contributed by atoms with Gasteiger partial charge in [0.15, 0.2) is 0 Å². The van der Waals surface area contributed by atoms with E-state index in [1.165, 1.54) is 4.90 Å². The fraction of sp³-hybridized carbons (Fsp3) is 0.444. The maximum absolute atomic E-state index is 12.4. The molecule has 0 bridgehead atoms. The SMILES string of the molecule is CC[C@H](C)N1C(=O)S/C(=C\c2ccc(N3CCOCC3)cc2)C1=O. The molecule has 24 heavy (non-hydrogen) atoms. The molecule has 128 valence electrons. The molecule has 0 spiro atoms. The lowest BCUT2D eigenvalue weighted by Gasteiger charge is -2.28. The number of nitrogens with zero attached hydrogens (tertiary/aromatic N) is 2. The normalized spacial score (nSPS) is 21.7. The van der Waals surface area contributed by atoms with Crippen molar-refractivity contribution in [3.05, 3.63) is 34.7 Å². The van der Waals surface area contributed by atoms with Crippen LogP contribution in [0.5, 0.6) is 0 Å². The summed E-state index contributed by atoms with van der Waals surface area (Å²) in [5.74, 6) is -0.184. The lowest BCUT2D eigenvalue weighted by molar-refractivity contribution is -0.124. The number of amides is 2. The summed E-state index contributed by atoms with van der Waals surface area (Å²) in [5, 5.41) is -0.175. The summed E-state index contributed by atoms with van der Waals surface area (Å²) < 4.78 is 5.37. The van der Waals surface area contributed by atoms with Crippen LogP contribution in [0.15, 0.2) is 29.2 Å². The van der Waals surface area contributed by atoms with E-state index in [0.29, 0.717) is 4.91 Å². The number of carbonyl (C=O) groups is 2. The molecule has 0 aliphatic carbocycles. The number of thioether (sulfide) groups is 1. The van der Waals surface area contributed by atoms with E-state index in [1.54, 1.807) is 6.08 Å². The zero-order valence-electron chi connectivity index (χ0n) is 14.0. The van der Waals surface area contributed by atoms with Crippen LogP contribution in [0.1, 0.15) is 25.8 Å². The maximum Gasteiger partial charge on any atom is 0.293 e. The minimum atomic E-state index is -0.184. The fourth-order valence-electron chi connectivity index (χ4n) is 2.80. The fourth-order valence-corrected chi connectivity index (χ4v) is 3.73. The summed E-state index contributed by atoms with van der Waals surface area (Å²) in [6.45, 7) is 7.17. The van der Waals surface area contributed by atoms with Crippen LogP contribution in [0.25, 0.3) is 6.08 Å². The molecule has 0 unspecified atom stereocenters. The van der Waals surface area contributed by atoms with Gasteiger partial charge in [0.25, 0.3) is 11.1 Å². The average Bonchev–Trinajstić information content (AvgIpc) is 2.89. The van der Waals surface area contributed by atoms with Gasteiger partial charge in [-0.15, -0.1) is 0 Å². The first kappa shape index (κ1) is 17.0. The van der Waals surface area contributed by atoms with Crippen LogP contribution in [0.4, 0.5) is 10.5 Å². The van der Waals surface area contributed by atoms with Gasteiger partial charge in [0, 0.05) is 24.8 Å². The molecular weight excluding hydrogens is 324 g/mol. The lowest BCUT2D eigenvalue weighted by atomic mass is 10.1. The summed E-state index contributed by atoms with van der Waals surface area (Å²) in [6, 6.07) is 8.02. The Kier molecular flexibility index (Phi) is 5.26. The van der Waals surface area contributed by atoms with Gasteiger partial charge in [0.05, 0.1) is 18.1 Å². The molecule has 1 aromatic rings. The second-order valence-corrected chi connectivity index (χ2v) is 6.99. The van der Waals surface area contributed by atoms with Crippen molar-refractivity contribution in [3.8, 4) is 0 Å². The molecule has 1 aromatic carbocycles. The van der Waals surface area contributed by atoms with Gasteiger partial charge in [-0.05, 0) is 48.9 Å². The molecule has 5 nitrogen and oxygen atoms in total. The number of rotatable bonds is 4. The van der Waals surface area contributed by atoms with Gasteiger partial charge >= 0.3 is 0 Å². The summed E-state index contributed by atoms with van der Waals surface area (Å²) in [6.07, 6.45) is 2.57. The maximum atomic E-state index is 12.4. The first-order valence-corrected chi connectivity index (χ1v) is 9.11. The van der Waals surface area contributed by atoms with Gasteiger partial charge in [-0.2, -0.15) is 0 Å². The van der Waals surface area contributed by atoms with Crippen molar-refractivity contribution < 1.29 is 14.3 Å². The van der Waals surface area contributed by atoms with Crippen LogP contribution in [0.2, 0.25) is 0 Å². The Labute approximate surface area is 146 Å². The minimum absolute atomic E-state index is 0.0629. The summed E-state index contributed by atoms with van der Waals surface area (Å²) >= 11 is 1.02. The number of hydrogen-bond acceptors (Lipinski definition) is 5. The first-order valence-electron chi connectivity index (χ1n) is 8.30. The highest BCUT2D eigenvalue weighted by Crippen LogP contribution is 2.34. The van der Waals surface area contributed by atoms with Gasteiger partial charge in [-0.25, -0.2) is 0 Å². The summed E-state index contributed by atoms with van der Waals surface area (Å²) in [5.41, 5.74) is 2.09. The zero-order valence-corrected chi connectivity index (χ0v) is 14.8. The number of carbonyl (C=O) groups excluding carboxylic acids is 2. The monoisotopic (exact) mass is 346 g/mol. The summed E-state index contributed by atoms with van der Waals surface area (Å²) in [7, 11) is 0. The molecule has 0 saturated carbocycles. The standard InChI is InChI=1S/C18H22N2O3S/c1-3-13(2)20-17(21)16(24-18(20)22)12-14-4-6-15(7-5-14)19-8-10-23-11-9-19/h4-7,12-13H,3,8-11H2,1-2H3/b16-12-/t13-/m0/s1. The topological polar surface area (TPSA) is 49.9 Å². The molecule has 0 aromatic heterocycles. The second kappa shape index (κ2) is 7.40. The molecule has 0 radical (unpaired) electrons. The highest BCUT2D eigenvalue weighted by atomic mass is 32.2. The molecule has 2 heterocycles. The Bertz CT molecular complexity index is 651. The number of morpholine rings is 1. The summed E-state index contributed by atoms with van der Waals surface area (Å²) in [4.78, 5) is 28.6. The van der Waals surface area contributed by atoms with Gasteiger partial charge in [-0.1, -0.05) is 19.1 Å². The van der Waals surface area contributed by atoms with E-state index in [-0.39, 0.29) is 17.2 Å². The van der Waals surface area contributed by atoms with Crippen molar-refractivity contribution in [1.29, 1.82) is 0 Å². The predicted octanol–water partition coefficient (Wildman–Crippen LogP) is 3.36. The molecule has 2 saturated heterocycles. The van der Waals surface area contributed by atoms with Crippen LogP contribution in [0, 0.1) is 0 Å². The van der Waals surface area contributed by atoms with Gasteiger partial charge in [-0.3, -0.25) is 14.5 Å². The molecule has 2 aliphatic heterocycles. The smallest absolute Gasteiger partial charge is 0.293 e. The van der Waals surface area contributed by atoms with Crippen LogP contribution < -0.4 is 4.90 Å². The number of ether oxygens (including phenoxy) is 1. The highest BCUT2D eigenvalue weighted by Gasteiger charge is 2.37. The third kappa shape index (κ3) is 3.49. The van der Waals surface area contributed by atoms with E-state index >= 15 is 0 Å². The van der Waals surface area contributed by atoms with Crippen LogP contribution in [-0.4, -0.2) is 48.4 Å². The van der Waals surface area contributed by atoms with E-state index < -0.39 is 0 Å². The third-order valence-corrected chi connectivity index (χ3v) is 5.31. The van der Waals surface area contributed by atoms with Crippen molar-refractivity contribution >= 4 is 34.7 Å². The Morgan fingerprint density at radius 2 is 1.88 bits per heavy atom. The molecule has 2 fully saturated rings. The highest BCUT2D eigenvalue weighted by molar-refractivity contribution is 8.18. The number of hydrogen-bond donors (Lipinski definition) is 0. The van der Waals surface area contributed by atoms with E-state index in [9.17, 15) is 9.59 Å². The van der Waals surface area contributed by atoms with Crippen LogP contribution >= 0.6 is 11.8 Å². The van der Waals surface area contributed by atoms with E-state index in [4.69, 9.17) is 4.74 Å². The Balaban J connectivity index is 1.74. The Morgan fingerprint density at radius 3 is 2.50 bits per heavy atom.